The first-order chi connectivity index (χ1) is 18.7. The molecule has 1 aliphatic rings. The lowest BCUT2D eigenvalue weighted by atomic mass is 10.1. The molecule has 5 aromatic heterocycles. The first-order valence-corrected chi connectivity index (χ1v) is 12.8. The van der Waals surface area contributed by atoms with Gasteiger partial charge in [-0.1, -0.05) is 6.42 Å². The average Bonchev–Trinajstić information content (AvgIpc) is 3.58. The minimum absolute atomic E-state index is 0.290. The molecule has 1 saturated heterocycles. The summed E-state index contributed by atoms with van der Waals surface area (Å²) in [5.74, 6) is 0.320. The third-order valence-electron chi connectivity index (χ3n) is 7.14. The van der Waals surface area contributed by atoms with Crippen LogP contribution in [0.15, 0.2) is 67.3 Å². The van der Waals surface area contributed by atoms with Crippen molar-refractivity contribution >= 4 is 22.1 Å². The summed E-state index contributed by atoms with van der Waals surface area (Å²) in [6, 6.07) is 12.4. The molecule has 0 amide bonds. The number of rotatable bonds is 5. The van der Waals surface area contributed by atoms with E-state index in [0.717, 1.165) is 47.2 Å². The molecule has 1 fully saturated rings. The summed E-state index contributed by atoms with van der Waals surface area (Å²) in [7, 11) is 0. The summed E-state index contributed by atoms with van der Waals surface area (Å²) in [5.41, 5.74) is 7.55. The number of H-pyrrole nitrogens is 2. The van der Waals surface area contributed by atoms with Crippen LogP contribution in [-0.4, -0.2) is 53.1 Å². The van der Waals surface area contributed by atoms with Gasteiger partial charge < -0.3 is 4.98 Å². The van der Waals surface area contributed by atoms with E-state index < -0.39 is 0 Å². The van der Waals surface area contributed by atoms with Gasteiger partial charge in [0.2, 0.25) is 0 Å². The number of hydrogen-bond acceptors (Lipinski definition) is 6. The van der Waals surface area contributed by atoms with Gasteiger partial charge in [0.1, 0.15) is 17.0 Å². The predicted molar refractivity (Wildman–Crippen MR) is 145 cm³/mol. The van der Waals surface area contributed by atoms with E-state index in [9.17, 15) is 4.39 Å². The van der Waals surface area contributed by atoms with Gasteiger partial charge in [0, 0.05) is 48.0 Å². The Balaban J connectivity index is 1.25. The fraction of sp³-hybridized carbons (Fsp3) is 0.207. The van der Waals surface area contributed by atoms with Crippen molar-refractivity contribution in [3.8, 4) is 33.9 Å². The van der Waals surface area contributed by atoms with Gasteiger partial charge in [-0.25, -0.2) is 14.4 Å². The molecule has 0 radical (unpaired) electrons. The van der Waals surface area contributed by atoms with Crippen LogP contribution in [0.1, 0.15) is 24.8 Å². The van der Waals surface area contributed by atoms with Crippen LogP contribution < -0.4 is 0 Å². The Morgan fingerprint density at radius 2 is 1.68 bits per heavy atom. The zero-order chi connectivity index (χ0) is 25.5. The maximum absolute atomic E-state index is 13.5. The molecule has 0 aliphatic carbocycles. The minimum Gasteiger partial charge on any atom is -0.336 e. The SMILES string of the molecule is Fc1ccc(-c2nccc3[nH]c(-c4n[nH]c5ncc(-c6cncc(CN7CCCCC7)c6)cc45)nc23)cc1. The summed E-state index contributed by atoms with van der Waals surface area (Å²) in [5, 5.41) is 8.42. The molecule has 0 unspecified atom stereocenters. The molecule has 0 spiro atoms. The standard InChI is InChI=1S/C29H25FN8/c30-22-6-4-19(5-7-22)25-27-24(8-9-32-25)34-29(35-27)26-23-13-21(16-33-28(23)37-36-26)20-12-18(14-31-15-20)17-38-10-2-1-3-11-38/h4-9,12-16H,1-3,10-11,17H2,(H,34,35)(H,33,36,37). The number of halogens is 1. The number of hydrogen-bond donors (Lipinski definition) is 2. The molecule has 1 aliphatic heterocycles. The fourth-order valence-corrected chi connectivity index (χ4v) is 5.22. The Kier molecular flexibility index (Phi) is 5.62. The van der Waals surface area contributed by atoms with Gasteiger partial charge in [-0.2, -0.15) is 5.10 Å². The summed E-state index contributed by atoms with van der Waals surface area (Å²) < 4.78 is 13.5. The van der Waals surface area contributed by atoms with Gasteiger partial charge in [0.15, 0.2) is 11.5 Å². The number of nitrogens with one attached hydrogen (secondary N) is 2. The first kappa shape index (κ1) is 22.7. The second-order valence-electron chi connectivity index (χ2n) is 9.76. The van der Waals surface area contributed by atoms with Gasteiger partial charge in [-0.15, -0.1) is 0 Å². The van der Waals surface area contributed by atoms with Crippen molar-refractivity contribution in [3.05, 3.63) is 78.6 Å². The summed E-state index contributed by atoms with van der Waals surface area (Å²) in [6.07, 6.45) is 11.2. The number of piperidine rings is 1. The molecule has 188 valence electrons. The van der Waals surface area contributed by atoms with E-state index in [-0.39, 0.29) is 5.82 Å². The van der Waals surface area contributed by atoms with E-state index in [1.807, 2.05) is 24.7 Å². The molecule has 6 heterocycles. The van der Waals surface area contributed by atoms with E-state index in [0.29, 0.717) is 28.4 Å². The van der Waals surface area contributed by atoms with Crippen LogP contribution in [0, 0.1) is 5.82 Å². The molecule has 0 bridgehead atoms. The monoisotopic (exact) mass is 504 g/mol. The van der Waals surface area contributed by atoms with E-state index >= 15 is 0 Å². The summed E-state index contributed by atoms with van der Waals surface area (Å²) >= 11 is 0. The van der Waals surface area contributed by atoms with Gasteiger partial charge in [-0.05, 0) is 74.0 Å². The van der Waals surface area contributed by atoms with Gasteiger partial charge in [0.25, 0.3) is 0 Å². The van der Waals surface area contributed by atoms with Crippen LogP contribution in [0.4, 0.5) is 4.39 Å². The molecule has 7 rings (SSSR count). The quantitative estimate of drug-likeness (QED) is 0.310. The topological polar surface area (TPSA) is 99.3 Å². The highest BCUT2D eigenvalue weighted by atomic mass is 19.1. The number of aromatic nitrogens is 7. The molecular weight excluding hydrogens is 479 g/mol. The van der Waals surface area contributed by atoms with Crippen molar-refractivity contribution in [3.63, 3.8) is 0 Å². The van der Waals surface area contributed by atoms with E-state index in [1.165, 1.54) is 37.0 Å². The Bertz CT molecular complexity index is 1750. The molecule has 6 aromatic rings. The van der Waals surface area contributed by atoms with Crippen LogP contribution in [0.25, 0.3) is 56.0 Å². The maximum atomic E-state index is 13.5. The average molecular weight is 505 g/mol. The number of pyridine rings is 3. The molecule has 38 heavy (non-hydrogen) atoms. The molecule has 2 N–H and O–H groups in total. The Hall–Kier alpha value is -4.50. The van der Waals surface area contributed by atoms with Crippen LogP contribution in [0.5, 0.6) is 0 Å². The van der Waals surface area contributed by atoms with E-state index in [1.54, 1.807) is 18.3 Å². The molecule has 9 heteroatoms. The third kappa shape index (κ3) is 4.20. The lowest BCUT2D eigenvalue weighted by Crippen LogP contribution is -2.29. The normalized spacial score (nSPS) is 14.4. The van der Waals surface area contributed by atoms with Gasteiger partial charge in [-0.3, -0.25) is 20.0 Å². The number of aromatic amines is 2. The molecule has 1 aromatic carbocycles. The van der Waals surface area contributed by atoms with Crippen molar-refractivity contribution in [1.82, 2.24) is 40.0 Å². The summed E-state index contributed by atoms with van der Waals surface area (Å²) in [4.78, 5) is 24.4. The lowest BCUT2D eigenvalue weighted by molar-refractivity contribution is 0.220. The summed E-state index contributed by atoms with van der Waals surface area (Å²) in [6.45, 7) is 3.20. The predicted octanol–water partition coefficient (Wildman–Crippen LogP) is 5.75. The van der Waals surface area contributed by atoms with Crippen molar-refractivity contribution in [1.29, 1.82) is 0 Å². The zero-order valence-corrected chi connectivity index (χ0v) is 20.7. The van der Waals surface area contributed by atoms with Crippen molar-refractivity contribution in [2.45, 2.75) is 25.8 Å². The second-order valence-corrected chi connectivity index (χ2v) is 9.76. The third-order valence-corrected chi connectivity index (χ3v) is 7.14. The van der Waals surface area contributed by atoms with Gasteiger partial charge in [0.05, 0.1) is 16.6 Å². The highest BCUT2D eigenvalue weighted by Gasteiger charge is 2.17. The van der Waals surface area contributed by atoms with Crippen LogP contribution in [0.2, 0.25) is 0 Å². The smallest absolute Gasteiger partial charge is 0.159 e. The van der Waals surface area contributed by atoms with Crippen LogP contribution in [0.3, 0.4) is 0 Å². The highest BCUT2D eigenvalue weighted by Crippen LogP contribution is 2.32. The maximum Gasteiger partial charge on any atom is 0.159 e. The number of fused-ring (bicyclic) bond motifs is 2. The largest absolute Gasteiger partial charge is 0.336 e. The number of nitrogens with zero attached hydrogens (tertiary/aromatic N) is 6. The molecule has 8 nitrogen and oxygen atoms in total. The van der Waals surface area contributed by atoms with E-state index in [4.69, 9.17) is 4.98 Å². The fourth-order valence-electron chi connectivity index (χ4n) is 5.22. The minimum atomic E-state index is -0.290. The molecule has 0 saturated carbocycles. The molecule has 0 atom stereocenters. The van der Waals surface area contributed by atoms with E-state index in [2.05, 4.69) is 47.2 Å². The first-order valence-electron chi connectivity index (χ1n) is 12.8. The second kappa shape index (κ2) is 9.42. The highest BCUT2D eigenvalue weighted by molar-refractivity contribution is 5.96. The van der Waals surface area contributed by atoms with Crippen molar-refractivity contribution in [2.75, 3.05) is 13.1 Å². The van der Waals surface area contributed by atoms with Crippen LogP contribution in [-0.2, 0) is 6.54 Å². The number of benzene rings is 1. The van der Waals surface area contributed by atoms with Crippen molar-refractivity contribution in [2.24, 2.45) is 0 Å². The van der Waals surface area contributed by atoms with Crippen molar-refractivity contribution < 1.29 is 4.39 Å². The number of likely N-dealkylation sites (tertiary alicyclic amines) is 1. The number of imidazole rings is 1. The Labute approximate surface area is 218 Å². The zero-order valence-electron chi connectivity index (χ0n) is 20.7. The lowest BCUT2D eigenvalue weighted by Gasteiger charge is -2.26. The Morgan fingerprint density at radius 3 is 2.55 bits per heavy atom. The Morgan fingerprint density at radius 1 is 0.842 bits per heavy atom. The van der Waals surface area contributed by atoms with Gasteiger partial charge >= 0.3 is 0 Å². The molecular formula is C29H25FN8. The van der Waals surface area contributed by atoms with Crippen LogP contribution >= 0.6 is 0 Å².